The molecule has 0 aliphatic rings. The average molecular weight is 1960 g/mol. The van der Waals surface area contributed by atoms with Crippen LogP contribution in [0.3, 0.4) is 0 Å². The van der Waals surface area contributed by atoms with Crippen LogP contribution in [-0.4, -0.2) is 132 Å². The summed E-state index contributed by atoms with van der Waals surface area (Å²) in [6, 6.07) is 28.7. The minimum absolute atomic E-state index is 0.0362. The second-order valence-corrected chi connectivity index (χ2v) is 30.6. The van der Waals surface area contributed by atoms with Gasteiger partial charge in [-0.3, -0.25) is 38.4 Å². The smallest absolute Gasteiger partial charge is 0.352 e. The summed E-state index contributed by atoms with van der Waals surface area (Å²) in [4.78, 5) is 118. The fraction of sp³-hybridized carbons (Fsp3) is 0.147. The number of pyridine rings is 4. The minimum atomic E-state index is -4.84. The van der Waals surface area contributed by atoms with Crippen LogP contribution in [0.4, 0.5) is 35.9 Å². The Morgan fingerprint density at radius 2 is 0.667 bits per heavy atom. The number of nitrogens with zero attached hydrogens (tertiary/aromatic N) is 12. The van der Waals surface area contributed by atoms with E-state index in [-0.39, 0.29) is 149 Å². The van der Waals surface area contributed by atoms with Gasteiger partial charge >= 0.3 is 6.18 Å². The third kappa shape index (κ3) is 23.6. The second kappa shape index (κ2) is 42.1. The molecule has 0 saturated heterocycles. The first-order valence-electron chi connectivity index (χ1n) is 34.4. The molecule has 8 amide bonds. The largest absolute Gasteiger partial charge is 0.435 e. The van der Waals surface area contributed by atoms with Crippen molar-refractivity contribution in [2.24, 2.45) is 0 Å². The Morgan fingerprint density at radius 1 is 0.375 bits per heavy atom. The number of hydrogen-bond acceptors (Lipinski definition) is 16. The van der Waals surface area contributed by atoms with Gasteiger partial charge in [0.25, 0.3) is 47.3 Å². The molecule has 0 bridgehead atoms. The van der Waals surface area contributed by atoms with E-state index in [4.69, 9.17) is 151 Å². The van der Waals surface area contributed by atoms with Crippen LogP contribution in [0.25, 0.3) is 23.3 Å². The van der Waals surface area contributed by atoms with Gasteiger partial charge in [-0.25, -0.2) is 38.7 Å². The normalized spacial score (nSPS) is 10.9. The van der Waals surface area contributed by atoms with E-state index in [9.17, 15) is 51.5 Å². The quantitative estimate of drug-likeness (QED) is 0.0351. The van der Waals surface area contributed by atoms with E-state index >= 15 is 0 Å². The van der Waals surface area contributed by atoms with Crippen molar-refractivity contribution >= 4 is 237 Å². The maximum Gasteiger partial charge on any atom is 0.435 e. The molecule has 28 nitrogen and oxygen atoms in total. The number of hydrogen-bond donors (Lipinski definition) is 8. The topological polar surface area (TPSA) is 356 Å². The van der Waals surface area contributed by atoms with Crippen molar-refractivity contribution in [2.75, 3.05) is 40.9 Å². The van der Waals surface area contributed by atoms with Crippen molar-refractivity contribution in [3.05, 3.63) is 273 Å². The minimum Gasteiger partial charge on any atom is -0.352 e. The van der Waals surface area contributed by atoms with Crippen molar-refractivity contribution in [2.45, 2.75) is 53.8 Å². The maximum atomic E-state index is 13.3. The summed E-state index contributed by atoms with van der Waals surface area (Å²) >= 11 is 82.7. The molecule has 4 aromatic carbocycles. The number of aryl methyl sites for hydroxylation is 1. The Morgan fingerprint density at radius 3 is 0.992 bits per heavy atom. The standard InChI is InChI=1S/C19H15BrCl3N5O2.C19H13Cl3F3N5O2.C19H16Cl3N5O2.C18H13Cl4N5O2/c1-9(2)25-18(29)11-6-10(21)7-13(23)16(11)26-19(30)14-8-15(20)27-28(14)17-12(22)4-3-5-24-17;1-2-26-17(31)10-6-9(20)7-12(22)15(10)28-18(32)13-8-14(19(23,24)25)29-30(13)16-11(21)4-3-5-27-16;1-3-23-18(28)12-8-11(20)7-10(2)16(12)25-19(29)14-9-15(22)26-27(14)17-13(21)5-4-6-24-17;1-2-23-17(28)10-6-9(19)7-12(21)15(10)25-18(29)13-8-14(22)26-27(13)16-11(20)4-3-5-24-16/h3-9H,1-2H3,(H,25,29)(H,26,30);3-8H,2H2,1H3,(H,26,31)(H,28,32);4-9H,3H2,1-2H3,(H,23,28)(H,25,29);3-8H,2H2,1H3,(H,23,28)(H,25,29). The summed E-state index contributed by atoms with van der Waals surface area (Å²) in [6.07, 6.45) is 0.992. The molecule has 8 N–H and O–H groups in total. The molecule has 45 heteroatoms. The number of benzene rings is 4. The highest BCUT2D eigenvalue weighted by molar-refractivity contribution is 9.10. The first-order valence-corrected chi connectivity index (χ1v) is 40.1. The summed E-state index contributed by atoms with van der Waals surface area (Å²) in [7, 11) is 0. The molecule has 624 valence electrons. The van der Waals surface area contributed by atoms with Crippen molar-refractivity contribution < 1.29 is 51.5 Å². The van der Waals surface area contributed by atoms with Crippen molar-refractivity contribution in [3.63, 3.8) is 0 Å². The summed E-state index contributed by atoms with van der Waals surface area (Å²) in [5, 5.41) is 39.1. The lowest BCUT2D eigenvalue weighted by atomic mass is 10.1. The van der Waals surface area contributed by atoms with E-state index in [0.29, 0.717) is 54.8 Å². The van der Waals surface area contributed by atoms with E-state index < -0.39 is 58.9 Å². The van der Waals surface area contributed by atoms with Crippen LogP contribution in [0.15, 0.2) is 151 Å². The fourth-order valence-electron chi connectivity index (χ4n) is 10.5. The molecule has 8 aromatic heterocycles. The highest BCUT2D eigenvalue weighted by Gasteiger charge is 2.38. The number of carbonyl (C=O) groups excluding carboxylic acids is 8. The maximum absolute atomic E-state index is 13.3. The molecule has 120 heavy (non-hydrogen) atoms. The van der Waals surface area contributed by atoms with Gasteiger partial charge in [0.2, 0.25) is 0 Å². The van der Waals surface area contributed by atoms with Gasteiger partial charge in [-0.2, -0.15) is 33.6 Å². The van der Waals surface area contributed by atoms with E-state index in [1.807, 2.05) is 13.8 Å². The third-order valence-electron chi connectivity index (χ3n) is 15.6. The third-order valence-corrected chi connectivity index (χ3v) is 19.3. The Balaban J connectivity index is 0.000000182. The number of halogens is 17. The van der Waals surface area contributed by atoms with Crippen molar-refractivity contribution in [3.8, 4) is 23.3 Å². The highest BCUT2D eigenvalue weighted by atomic mass is 79.9. The lowest BCUT2D eigenvalue weighted by Crippen LogP contribution is -2.31. The Kier molecular flexibility index (Phi) is 33.0. The molecule has 0 atom stereocenters. The van der Waals surface area contributed by atoms with E-state index in [1.165, 1.54) is 112 Å². The fourth-order valence-corrected chi connectivity index (χ4v) is 14.0. The Labute approximate surface area is 752 Å². The summed E-state index contributed by atoms with van der Waals surface area (Å²) in [6.45, 7) is 11.7. The second-order valence-electron chi connectivity index (χ2n) is 24.5. The van der Waals surface area contributed by atoms with Gasteiger partial charge in [0.05, 0.1) is 80.2 Å². The lowest BCUT2D eigenvalue weighted by Gasteiger charge is -2.15. The molecule has 0 aliphatic carbocycles. The predicted octanol–water partition coefficient (Wildman–Crippen LogP) is 20.0. The lowest BCUT2D eigenvalue weighted by molar-refractivity contribution is -0.141. The monoisotopic (exact) mass is 1960 g/mol. The zero-order valence-electron chi connectivity index (χ0n) is 62.1. The Bertz CT molecular complexity index is 5780. The number of anilines is 4. The molecule has 0 unspecified atom stereocenters. The van der Waals surface area contributed by atoms with Crippen molar-refractivity contribution in [1.29, 1.82) is 0 Å². The molecule has 0 saturated carbocycles. The zero-order valence-corrected chi connectivity index (χ0v) is 73.5. The first kappa shape index (κ1) is 94.0. The number of carbonyl (C=O) groups is 8. The Hall–Kier alpha value is -9.88. The average Bonchev–Trinajstić information content (AvgIpc) is 1.53. The predicted molar refractivity (Wildman–Crippen MR) is 462 cm³/mol. The molecule has 0 fully saturated rings. The molecular formula is C75H57BrCl13F3N20O8. The van der Waals surface area contributed by atoms with Gasteiger partial charge in [-0.15, -0.1) is 0 Å². The van der Waals surface area contributed by atoms with Crippen LogP contribution in [0.5, 0.6) is 0 Å². The van der Waals surface area contributed by atoms with Crippen LogP contribution >= 0.6 is 167 Å². The van der Waals surface area contributed by atoms with Gasteiger partial charge in [0.15, 0.2) is 39.3 Å². The van der Waals surface area contributed by atoms with Crippen molar-refractivity contribution in [1.82, 2.24) is 80.3 Å². The van der Waals surface area contributed by atoms with E-state index in [1.54, 1.807) is 70.2 Å². The van der Waals surface area contributed by atoms with Gasteiger partial charge in [-0.05, 0) is 160 Å². The van der Waals surface area contributed by atoms with Crippen LogP contribution in [0, 0.1) is 6.92 Å². The zero-order chi connectivity index (χ0) is 87.9. The number of amides is 8. The summed E-state index contributed by atoms with van der Waals surface area (Å²) in [5.41, 5.74) is -0.124. The summed E-state index contributed by atoms with van der Waals surface area (Å²) in [5.74, 6) is -4.03. The van der Waals surface area contributed by atoms with Crippen LogP contribution < -0.4 is 42.5 Å². The van der Waals surface area contributed by atoms with Gasteiger partial charge in [-0.1, -0.05) is 151 Å². The molecule has 0 spiro atoms. The molecule has 12 rings (SSSR count). The van der Waals surface area contributed by atoms with Gasteiger partial charge < -0.3 is 42.5 Å². The number of alkyl halides is 3. The number of nitrogens with one attached hydrogen (secondary N) is 8. The van der Waals surface area contributed by atoms with Crippen LogP contribution in [0.1, 0.15) is 129 Å². The van der Waals surface area contributed by atoms with E-state index in [0.717, 1.165) is 0 Å². The molecule has 12 aromatic rings. The molecule has 0 radical (unpaired) electrons. The highest BCUT2D eigenvalue weighted by Crippen LogP contribution is 2.38. The number of aromatic nitrogens is 12. The van der Waals surface area contributed by atoms with Crippen LogP contribution in [-0.2, 0) is 6.18 Å². The number of rotatable bonds is 20. The molecule has 0 aliphatic heterocycles. The molecular weight excluding hydrogens is 1910 g/mol. The summed E-state index contributed by atoms with van der Waals surface area (Å²) < 4.78 is 44.7. The van der Waals surface area contributed by atoms with Gasteiger partial charge in [0, 0.05) is 94.8 Å². The van der Waals surface area contributed by atoms with Gasteiger partial charge in [0.1, 0.15) is 27.4 Å². The first-order chi connectivity index (χ1) is 56.8. The SMILES string of the molecule is CC(C)NC(=O)c1cc(Cl)cc(Cl)c1NC(=O)c1cc(Br)nn1-c1ncccc1Cl.CCNC(=O)c1cc(Cl)cc(C)c1NC(=O)c1cc(Cl)nn1-c1ncccc1Cl.CCNC(=O)c1cc(Cl)cc(Cl)c1NC(=O)c1cc(C(F)(F)F)nn1-c1ncccc1Cl.CCNC(=O)c1cc(Cl)cc(Cl)c1NC(=O)c1cc(Cl)nn1-c1ncccc1Cl. The molecule has 8 heterocycles. The van der Waals surface area contributed by atoms with Crippen LogP contribution in [0.2, 0.25) is 65.6 Å². The van der Waals surface area contributed by atoms with E-state index in [2.05, 4.69) is 98.8 Å².